The van der Waals surface area contributed by atoms with Crippen LogP contribution >= 0.6 is 0 Å². The summed E-state index contributed by atoms with van der Waals surface area (Å²) < 4.78 is 0. The van der Waals surface area contributed by atoms with Gasteiger partial charge in [0.2, 0.25) is 0 Å². The average Bonchev–Trinajstić information content (AvgIpc) is 2.25. The predicted molar refractivity (Wildman–Crippen MR) is 64.6 cm³/mol. The minimum absolute atomic E-state index is 0.598. The molecule has 0 saturated heterocycles. The SMILES string of the molecule is CC(C)CCC(C)NCc1ccncc1. The average molecular weight is 206 g/mol. The first-order chi connectivity index (χ1) is 7.18. The zero-order chi connectivity index (χ0) is 11.1. The van der Waals surface area contributed by atoms with E-state index < -0.39 is 0 Å². The van der Waals surface area contributed by atoms with Crippen LogP contribution in [0.5, 0.6) is 0 Å². The second kappa shape index (κ2) is 6.57. The van der Waals surface area contributed by atoms with Crippen LogP contribution in [0.3, 0.4) is 0 Å². The first-order valence-electron chi connectivity index (χ1n) is 5.80. The molecule has 15 heavy (non-hydrogen) atoms. The molecule has 0 amide bonds. The highest BCUT2D eigenvalue weighted by Gasteiger charge is 2.02. The van der Waals surface area contributed by atoms with E-state index in [1.165, 1.54) is 18.4 Å². The monoisotopic (exact) mass is 206 g/mol. The van der Waals surface area contributed by atoms with Crippen LogP contribution in [0.1, 0.15) is 39.2 Å². The maximum atomic E-state index is 4.00. The van der Waals surface area contributed by atoms with Gasteiger partial charge in [0.1, 0.15) is 0 Å². The number of pyridine rings is 1. The molecule has 0 radical (unpaired) electrons. The van der Waals surface area contributed by atoms with Gasteiger partial charge in [-0.1, -0.05) is 13.8 Å². The quantitative estimate of drug-likeness (QED) is 0.774. The van der Waals surface area contributed by atoms with E-state index in [1.807, 2.05) is 12.4 Å². The van der Waals surface area contributed by atoms with Crippen molar-refractivity contribution in [2.24, 2.45) is 5.92 Å². The molecule has 1 aromatic rings. The van der Waals surface area contributed by atoms with Crippen LogP contribution in [0.2, 0.25) is 0 Å². The minimum Gasteiger partial charge on any atom is -0.310 e. The van der Waals surface area contributed by atoms with E-state index in [0.29, 0.717) is 6.04 Å². The Hall–Kier alpha value is -0.890. The first kappa shape index (κ1) is 12.2. The molecule has 2 nitrogen and oxygen atoms in total. The van der Waals surface area contributed by atoms with Crippen LogP contribution in [0.4, 0.5) is 0 Å². The fraction of sp³-hybridized carbons (Fsp3) is 0.615. The van der Waals surface area contributed by atoms with Gasteiger partial charge in [-0.2, -0.15) is 0 Å². The van der Waals surface area contributed by atoms with E-state index in [2.05, 4.69) is 43.2 Å². The molecule has 0 aliphatic rings. The van der Waals surface area contributed by atoms with Crippen LogP contribution in [-0.2, 0) is 6.54 Å². The number of rotatable bonds is 6. The fourth-order valence-electron chi connectivity index (χ4n) is 1.48. The van der Waals surface area contributed by atoms with Gasteiger partial charge in [0.05, 0.1) is 0 Å². The highest BCUT2D eigenvalue weighted by atomic mass is 14.9. The molecule has 1 aromatic heterocycles. The van der Waals surface area contributed by atoms with Gasteiger partial charge in [-0.25, -0.2) is 0 Å². The van der Waals surface area contributed by atoms with E-state index in [-0.39, 0.29) is 0 Å². The molecule has 1 heterocycles. The number of nitrogens with one attached hydrogen (secondary N) is 1. The summed E-state index contributed by atoms with van der Waals surface area (Å²) in [6.45, 7) is 7.75. The van der Waals surface area contributed by atoms with E-state index in [1.54, 1.807) is 0 Å². The van der Waals surface area contributed by atoms with E-state index in [9.17, 15) is 0 Å². The summed E-state index contributed by atoms with van der Waals surface area (Å²) in [6, 6.07) is 4.71. The Kier molecular flexibility index (Phi) is 5.33. The zero-order valence-corrected chi connectivity index (χ0v) is 10.0. The Labute approximate surface area is 93.1 Å². The Morgan fingerprint density at radius 1 is 1.13 bits per heavy atom. The molecule has 2 heteroatoms. The lowest BCUT2D eigenvalue weighted by Gasteiger charge is -2.14. The van der Waals surface area contributed by atoms with Crippen LogP contribution in [-0.4, -0.2) is 11.0 Å². The van der Waals surface area contributed by atoms with Crippen LogP contribution in [0.15, 0.2) is 24.5 Å². The molecule has 0 saturated carbocycles. The van der Waals surface area contributed by atoms with E-state index in [4.69, 9.17) is 0 Å². The number of aromatic nitrogens is 1. The zero-order valence-electron chi connectivity index (χ0n) is 10.0. The standard InChI is InChI=1S/C13H22N2/c1-11(2)4-5-12(3)15-10-13-6-8-14-9-7-13/h6-9,11-12,15H,4-5,10H2,1-3H3. The number of hydrogen-bond acceptors (Lipinski definition) is 2. The van der Waals surface area contributed by atoms with Crippen LogP contribution < -0.4 is 5.32 Å². The normalized spacial score (nSPS) is 13.1. The molecule has 1 N–H and O–H groups in total. The molecule has 1 unspecified atom stereocenters. The third kappa shape index (κ3) is 5.53. The molecule has 1 atom stereocenters. The minimum atomic E-state index is 0.598. The molecular weight excluding hydrogens is 184 g/mol. The topological polar surface area (TPSA) is 24.9 Å². The maximum absolute atomic E-state index is 4.00. The van der Waals surface area contributed by atoms with Gasteiger partial charge in [0.15, 0.2) is 0 Å². The summed E-state index contributed by atoms with van der Waals surface area (Å²) in [7, 11) is 0. The third-order valence-electron chi connectivity index (χ3n) is 2.58. The molecule has 0 fully saturated rings. The van der Waals surface area contributed by atoms with Crippen molar-refractivity contribution in [3.8, 4) is 0 Å². The molecule has 1 rings (SSSR count). The van der Waals surface area contributed by atoms with Crippen molar-refractivity contribution < 1.29 is 0 Å². The van der Waals surface area contributed by atoms with Gasteiger partial charge in [-0.3, -0.25) is 4.98 Å². The summed E-state index contributed by atoms with van der Waals surface area (Å²) in [5.41, 5.74) is 1.31. The van der Waals surface area contributed by atoms with Crippen molar-refractivity contribution in [1.29, 1.82) is 0 Å². The van der Waals surface area contributed by atoms with Gasteiger partial charge in [0.25, 0.3) is 0 Å². The van der Waals surface area contributed by atoms with Crippen molar-refractivity contribution >= 4 is 0 Å². The van der Waals surface area contributed by atoms with Crippen molar-refractivity contribution in [2.75, 3.05) is 0 Å². The second-order valence-corrected chi connectivity index (χ2v) is 4.61. The Morgan fingerprint density at radius 3 is 2.40 bits per heavy atom. The maximum Gasteiger partial charge on any atom is 0.0271 e. The molecule has 0 aromatic carbocycles. The fourth-order valence-corrected chi connectivity index (χ4v) is 1.48. The molecule has 0 aliphatic carbocycles. The summed E-state index contributed by atoms with van der Waals surface area (Å²) in [6.07, 6.45) is 6.23. The summed E-state index contributed by atoms with van der Waals surface area (Å²) in [5.74, 6) is 0.801. The lowest BCUT2D eigenvalue weighted by molar-refractivity contribution is 0.450. The van der Waals surface area contributed by atoms with E-state index in [0.717, 1.165) is 12.5 Å². The van der Waals surface area contributed by atoms with Crippen LogP contribution in [0, 0.1) is 5.92 Å². The smallest absolute Gasteiger partial charge is 0.0271 e. The van der Waals surface area contributed by atoms with Crippen molar-refractivity contribution in [3.05, 3.63) is 30.1 Å². The predicted octanol–water partition coefficient (Wildman–Crippen LogP) is 3.00. The van der Waals surface area contributed by atoms with Crippen molar-refractivity contribution in [3.63, 3.8) is 0 Å². The van der Waals surface area contributed by atoms with Gasteiger partial charge < -0.3 is 5.32 Å². The highest BCUT2D eigenvalue weighted by molar-refractivity contribution is 5.09. The second-order valence-electron chi connectivity index (χ2n) is 4.61. The number of nitrogens with zero attached hydrogens (tertiary/aromatic N) is 1. The first-order valence-corrected chi connectivity index (χ1v) is 5.80. The third-order valence-corrected chi connectivity index (χ3v) is 2.58. The summed E-state index contributed by atoms with van der Waals surface area (Å²) in [4.78, 5) is 4.00. The summed E-state index contributed by atoms with van der Waals surface area (Å²) >= 11 is 0. The lowest BCUT2D eigenvalue weighted by Crippen LogP contribution is -2.25. The van der Waals surface area contributed by atoms with E-state index >= 15 is 0 Å². The Bertz CT molecular complexity index is 256. The van der Waals surface area contributed by atoms with Gasteiger partial charge in [-0.05, 0) is 43.4 Å². The number of hydrogen-bond donors (Lipinski definition) is 1. The van der Waals surface area contributed by atoms with Crippen molar-refractivity contribution in [1.82, 2.24) is 10.3 Å². The molecular formula is C13H22N2. The Balaban J connectivity index is 2.19. The molecule has 0 aliphatic heterocycles. The highest BCUT2D eigenvalue weighted by Crippen LogP contribution is 2.07. The molecule has 0 spiro atoms. The van der Waals surface area contributed by atoms with Gasteiger partial charge >= 0.3 is 0 Å². The summed E-state index contributed by atoms with van der Waals surface area (Å²) in [5, 5.41) is 3.53. The largest absolute Gasteiger partial charge is 0.310 e. The molecule has 84 valence electrons. The van der Waals surface area contributed by atoms with Gasteiger partial charge in [0, 0.05) is 25.0 Å². The molecule has 0 bridgehead atoms. The van der Waals surface area contributed by atoms with Gasteiger partial charge in [-0.15, -0.1) is 0 Å². The van der Waals surface area contributed by atoms with Crippen LogP contribution in [0.25, 0.3) is 0 Å². The Morgan fingerprint density at radius 2 is 1.80 bits per heavy atom. The van der Waals surface area contributed by atoms with Crippen molar-refractivity contribution in [2.45, 2.75) is 46.2 Å². The lowest BCUT2D eigenvalue weighted by atomic mass is 10.0.